The molecule has 0 bridgehead atoms. The summed E-state index contributed by atoms with van der Waals surface area (Å²) in [5.41, 5.74) is 3.70. The van der Waals surface area contributed by atoms with E-state index in [2.05, 4.69) is 36.2 Å². The van der Waals surface area contributed by atoms with Gasteiger partial charge in [-0.1, -0.05) is 61.8 Å². The van der Waals surface area contributed by atoms with Crippen molar-refractivity contribution < 1.29 is 14.4 Å². The zero-order valence-electron chi connectivity index (χ0n) is 21.4. The number of para-hydroxylation sites is 1. The first-order valence-electron chi connectivity index (χ1n) is 12.7. The quantitative estimate of drug-likeness (QED) is 0.445. The van der Waals surface area contributed by atoms with Crippen LogP contribution in [0, 0.1) is 0 Å². The van der Waals surface area contributed by atoms with Crippen LogP contribution in [0.4, 0.5) is 17.1 Å². The second kappa shape index (κ2) is 10.7. The fraction of sp³-hybridized carbons (Fsp3) is 0.233. The lowest BCUT2D eigenvalue weighted by Crippen LogP contribution is -2.48. The minimum Gasteiger partial charge on any atom is -0.368 e. The van der Waals surface area contributed by atoms with E-state index in [1.807, 2.05) is 35.2 Å². The molecule has 38 heavy (non-hydrogen) atoms. The van der Waals surface area contributed by atoms with Crippen LogP contribution in [0.5, 0.6) is 0 Å². The number of carbonyl (C=O) groups excluding carboxylic acids is 3. The summed E-state index contributed by atoms with van der Waals surface area (Å²) >= 11 is 6.31. The highest BCUT2D eigenvalue weighted by Gasteiger charge is 2.39. The molecule has 3 aromatic carbocycles. The Kier molecular flexibility index (Phi) is 7.20. The maximum atomic E-state index is 13.2. The summed E-state index contributed by atoms with van der Waals surface area (Å²) < 4.78 is 0. The lowest BCUT2D eigenvalue weighted by Gasteiger charge is -2.36. The molecule has 2 aliphatic rings. The number of imide groups is 1. The molecule has 0 radical (unpaired) electrons. The lowest BCUT2D eigenvalue weighted by molar-refractivity contribution is -0.120. The molecule has 0 aromatic heterocycles. The van der Waals surface area contributed by atoms with E-state index in [-0.39, 0.29) is 16.6 Å². The number of hydrogen-bond donors (Lipinski definition) is 1. The number of hydrogen-bond acceptors (Lipinski definition) is 5. The Morgan fingerprint density at radius 1 is 0.816 bits per heavy atom. The monoisotopic (exact) mass is 528 g/mol. The zero-order chi connectivity index (χ0) is 26.8. The van der Waals surface area contributed by atoms with Gasteiger partial charge in [0.15, 0.2) is 0 Å². The third-order valence-electron chi connectivity index (χ3n) is 6.91. The summed E-state index contributed by atoms with van der Waals surface area (Å²) in [7, 11) is 0. The Morgan fingerprint density at radius 3 is 2.16 bits per heavy atom. The Balaban J connectivity index is 1.27. The van der Waals surface area contributed by atoms with Crippen molar-refractivity contribution in [2.24, 2.45) is 0 Å². The number of nitrogens with zero attached hydrogens (tertiary/aromatic N) is 3. The van der Waals surface area contributed by atoms with Gasteiger partial charge >= 0.3 is 0 Å². The Labute approximate surface area is 227 Å². The fourth-order valence-electron chi connectivity index (χ4n) is 4.72. The number of piperazine rings is 1. The largest absolute Gasteiger partial charge is 0.368 e. The Morgan fingerprint density at radius 2 is 1.50 bits per heavy atom. The van der Waals surface area contributed by atoms with Crippen LogP contribution in [0.3, 0.4) is 0 Å². The van der Waals surface area contributed by atoms with Gasteiger partial charge < -0.3 is 15.1 Å². The van der Waals surface area contributed by atoms with Crippen molar-refractivity contribution in [2.75, 3.05) is 41.3 Å². The number of rotatable bonds is 6. The number of carbonyl (C=O) groups is 3. The van der Waals surface area contributed by atoms with Crippen LogP contribution < -0.4 is 15.1 Å². The van der Waals surface area contributed by atoms with Gasteiger partial charge in [-0.2, -0.15) is 0 Å². The summed E-state index contributed by atoms with van der Waals surface area (Å²) in [4.78, 5) is 44.4. The van der Waals surface area contributed by atoms with E-state index in [4.69, 9.17) is 11.6 Å². The molecule has 3 aromatic rings. The number of amides is 3. The molecule has 2 aliphatic heterocycles. The zero-order valence-corrected chi connectivity index (χ0v) is 22.1. The van der Waals surface area contributed by atoms with E-state index in [0.717, 1.165) is 29.2 Å². The molecule has 0 unspecified atom stereocenters. The van der Waals surface area contributed by atoms with Crippen LogP contribution in [-0.4, -0.2) is 48.8 Å². The molecule has 3 amide bonds. The maximum Gasteiger partial charge on any atom is 0.283 e. The number of benzene rings is 3. The SMILES string of the molecule is CC(C)c1ccc(N2C(=O)C(Cl)=C(Nc3cccc(C(=O)N4CCN(c5ccccc5)CC4)c3)C2=O)cc1. The highest BCUT2D eigenvalue weighted by Crippen LogP contribution is 2.31. The highest BCUT2D eigenvalue weighted by molar-refractivity contribution is 6.53. The Bertz CT molecular complexity index is 1390. The molecule has 0 aliphatic carbocycles. The third-order valence-corrected chi connectivity index (χ3v) is 7.26. The van der Waals surface area contributed by atoms with Crippen LogP contribution in [0.1, 0.15) is 35.7 Å². The van der Waals surface area contributed by atoms with E-state index in [1.54, 1.807) is 36.4 Å². The molecule has 0 atom stereocenters. The molecule has 1 N–H and O–H groups in total. The lowest BCUT2D eigenvalue weighted by atomic mass is 10.0. The smallest absolute Gasteiger partial charge is 0.283 e. The average molecular weight is 529 g/mol. The summed E-state index contributed by atoms with van der Waals surface area (Å²) in [5.74, 6) is -0.871. The summed E-state index contributed by atoms with van der Waals surface area (Å²) in [6, 6.07) is 24.4. The highest BCUT2D eigenvalue weighted by atomic mass is 35.5. The summed E-state index contributed by atoms with van der Waals surface area (Å²) in [6.07, 6.45) is 0. The predicted molar refractivity (Wildman–Crippen MR) is 151 cm³/mol. The van der Waals surface area contributed by atoms with E-state index in [0.29, 0.717) is 35.9 Å². The van der Waals surface area contributed by atoms with Crippen molar-refractivity contribution in [2.45, 2.75) is 19.8 Å². The first kappa shape index (κ1) is 25.5. The first-order chi connectivity index (χ1) is 18.3. The van der Waals surface area contributed by atoms with Gasteiger partial charge in [-0.15, -0.1) is 0 Å². The number of anilines is 3. The van der Waals surface area contributed by atoms with E-state index in [9.17, 15) is 14.4 Å². The van der Waals surface area contributed by atoms with Gasteiger partial charge in [0.1, 0.15) is 10.7 Å². The standard InChI is InChI=1S/C30H29ClN4O3/c1-20(2)21-11-13-25(14-12-21)35-29(37)26(31)27(30(35)38)32-23-8-6-7-22(19-23)28(36)34-17-15-33(16-18-34)24-9-4-3-5-10-24/h3-14,19-20,32H,15-18H2,1-2H3. The van der Waals surface area contributed by atoms with Crippen molar-refractivity contribution in [1.29, 1.82) is 0 Å². The molecule has 0 saturated carbocycles. The van der Waals surface area contributed by atoms with Crippen LogP contribution in [0.15, 0.2) is 89.6 Å². The maximum absolute atomic E-state index is 13.2. The summed E-state index contributed by atoms with van der Waals surface area (Å²) in [6.45, 7) is 6.87. The normalized spacial score (nSPS) is 16.1. The van der Waals surface area contributed by atoms with Crippen molar-refractivity contribution in [3.05, 3.63) is 101 Å². The Hall–Kier alpha value is -4.10. The molecule has 7 nitrogen and oxygen atoms in total. The fourth-order valence-corrected chi connectivity index (χ4v) is 4.93. The molecule has 1 fully saturated rings. The second-order valence-electron chi connectivity index (χ2n) is 9.70. The topological polar surface area (TPSA) is 73.0 Å². The minimum atomic E-state index is -0.583. The van der Waals surface area contributed by atoms with E-state index < -0.39 is 11.8 Å². The molecule has 194 valence electrons. The first-order valence-corrected chi connectivity index (χ1v) is 13.1. The van der Waals surface area contributed by atoms with Crippen molar-refractivity contribution in [3.8, 4) is 0 Å². The predicted octanol–water partition coefficient (Wildman–Crippen LogP) is 5.21. The number of nitrogens with one attached hydrogen (secondary N) is 1. The molecule has 5 rings (SSSR count). The van der Waals surface area contributed by atoms with Gasteiger partial charge in [0.2, 0.25) is 0 Å². The third kappa shape index (κ3) is 5.02. The van der Waals surface area contributed by atoms with Gasteiger partial charge in [-0.25, -0.2) is 4.90 Å². The van der Waals surface area contributed by atoms with Crippen LogP contribution >= 0.6 is 11.6 Å². The summed E-state index contributed by atoms with van der Waals surface area (Å²) in [5, 5.41) is 2.80. The molecular weight excluding hydrogens is 500 g/mol. The van der Waals surface area contributed by atoms with Gasteiger partial charge in [0, 0.05) is 43.1 Å². The molecule has 2 heterocycles. The number of halogens is 1. The van der Waals surface area contributed by atoms with Crippen LogP contribution in [-0.2, 0) is 9.59 Å². The van der Waals surface area contributed by atoms with Crippen molar-refractivity contribution >= 4 is 46.4 Å². The van der Waals surface area contributed by atoms with Gasteiger partial charge in [0.25, 0.3) is 17.7 Å². The van der Waals surface area contributed by atoms with Gasteiger partial charge in [0.05, 0.1) is 5.69 Å². The van der Waals surface area contributed by atoms with E-state index in [1.165, 1.54) is 0 Å². The molecule has 8 heteroatoms. The molecule has 1 saturated heterocycles. The van der Waals surface area contributed by atoms with Gasteiger partial charge in [-0.3, -0.25) is 14.4 Å². The van der Waals surface area contributed by atoms with E-state index >= 15 is 0 Å². The van der Waals surface area contributed by atoms with Crippen molar-refractivity contribution in [1.82, 2.24) is 4.90 Å². The van der Waals surface area contributed by atoms with Crippen LogP contribution in [0.2, 0.25) is 0 Å². The molecule has 0 spiro atoms. The minimum absolute atomic E-state index is 0.00863. The molecular formula is C30H29ClN4O3. The van der Waals surface area contributed by atoms with Gasteiger partial charge in [-0.05, 0) is 53.9 Å². The van der Waals surface area contributed by atoms with Crippen LogP contribution in [0.25, 0.3) is 0 Å². The van der Waals surface area contributed by atoms with Crippen molar-refractivity contribution in [3.63, 3.8) is 0 Å². The average Bonchev–Trinajstić information content (AvgIpc) is 3.16. The second-order valence-corrected chi connectivity index (χ2v) is 10.1.